The number of carbonyl (C=O) groups excluding carboxylic acids is 2. The molecule has 0 aliphatic carbocycles. The van der Waals surface area contributed by atoms with E-state index in [1.165, 1.54) is 55.7 Å². The van der Waals surface area contributed by atoms with E-state index in [1.807, 2.05) is 0 Å². The first-order chi connectivity index (χ1) is 18.3. The minimum absolute atomic E-state index is 0.0436. The predicted molar refractivity (Wildman–Crippen MR) is 132 cm³/mol. The molecule has 2 saturated heterocycles. The molecule has 2 fully saturated rings. The summed E-state index contributed by atoms with van der Waals surface area (Å²) in [6, 6.07) is 15.6. The van der Waals surface area contributed by atoms with E-state index in [9.17, 15) is 29.6 Å². The van der Waals surface area contributed by atoms with Gasteiger partial charge in [0.15, 0.2) is 17.6 Å². The molecule has 3 aromatic carbocycles. The standard InChI is InChI=1S/C26H21N3O9/c1-36-18-13-12-17(19(26(32)33)22(18)37-2)21-20-23(38-28(21)15-6-4-3-5-7-15)25(31)27(24(20)30)14-8-10-16(11-9-14)29(34)35/h3-13,20-21,23H,1-2H3,(H,32,33)/t20-,21+,23+/m1/s1. The highest BCUT2D eigenvalue weighted by molar-refractivity contribution is 6.24. The van der Waals surface area contributed by atoms with E-state index in [-0.39, 0.29) is 34.0 Å². The van der Waals surface area contributed by atoms with Gasteiger partial charge < -0.3 is 14.6 Å². The van der Waals surface area contributed by atoms with Crippen LogP contribution in [0, 0.1) is 16.0 Å². The second-order valence-electron chi connectivity index (χ2n) is 8.51. The molecule has 2 heterocycles. The summed E-state index contributed by atoms with van der Waals surface area (Å²) in [6.45, 7) is 0. The van der Waals surface area contributed by atoms with Crippen LogP contribution in [0.5, 0.6) is 11.5 Å². The number of para-hydroxylation sites is 1. The zero-order chi connectivity index (χ0) is 27.1. The molecule has 0 spiro atoms. The highest BCUT2D eigenvalue weighted by atomic mass is 16.7. The van der Waals surface area contributed by atoms with Gasteiger partial charge in [-0.25, -0.2) is 14.8 Å². The summed E-state index contributed by atoms with van der Waals surface area (Å²) in [5, 5.41) is 22.6. The molecular weight excluding hydrogens is 498 g/mol. The summed E-state index contributed by atoms with van der Waals surface area (Å²) < 4.78 is 10.6. The minimum Gasteiger partial charge on any atom is -0.493 e. The number of imide groups is 1. The molecule has 2 aliphatic heterocycles. The third kappa shape index (κ3) is 3.78. The van der Waals surface area contributed by atoms with Gasteiger partial charge in [-0.3, -0.25) is 24.5 Å². The highest BCUT2D eigenvalue weighted by Crippen LogP contribution is 2.50. The van der Waals surface area contributed by atoms with E-state index < -0.39 is 40.8 Å². The molecule has 0 unspecified atom stereocenters. The van der Waals surface area contributed by atoms with Gasteiger partial charge in [0, 0.05) is 12.1 Å². The van der Waals surface area contributed by atoms with Gasteiger partial charge in [0.05, 0.1) is 36.6 Å². The van der Waals surface area contributed by atoms with Crippen molar-refractivity contribution in [3.05, 3.63) is 88.0 Å². The number of rotatable bonds is 7. The van der Waals surface area contributed by atoms with Gasteiger partial charge in [-0.2, -0.15) is 0 Å². The number of non-ortho nitro benzene ring substituents is 1. The Morgan fingerprint density at radius 3 is 2.21 bits per heavy atom. The summed E-state index contributed by atoms with van der Waals surface area (Å²) in [5.41, 5.74) is 0.378. The van der Waals surface area contributed by atoms with Crippen molar-refractivity contribution in [2.75, 3.05) is 24.2 Å². The van der Waals surface area contributed by atoms with Crippen LogP contribution in [0.3, 0.4) is 0 Å². The predicted octanol–water partition coefficient (Wildman–Crippen LogP) is 3.36. The molecule has 0 radical (unpaired) electrons. The number of hydroxylamine groups is 1. The Morgan fingerprint density at radius 2 is 1.63 bits per heavy atom. The van der Waals surface area contributed by atoms with Gasteiger partial charge in [0.2, 0.25) is 5.91 Å². The van der Waals surface area contributed by atoms with Crippen LogP contribution in [0.1, 0.15) is 22.0 Å². The number of ether oxygens (including phenoxy) is 2. The Morgan fingerprint density at radius 1 is 0.947 bits per heavy atom. The van der Waals surface area contributed by atoms with Crippen molar-refractivity contribution < 1.29 is 38.7 Å². The zero-order valence-corrected chi connectivity index (χ0v) is 20.1. The fourth-order valence-corrected chi connectivity index (χ4v) is 4.92. The van der Waals surface area contributed by atoms with E-state index in [1.54, 1.807) is 30.3 Å². The van der Waals surface area contributed by atoms with Crippen LogP contribution in [0.15, 0.2) is 66.7 Å². The van der Waals surface area contributed by atoms with E-state index in [4.69, 9.17) is 14.3 Å². The minimum atomic E-state index is -1.32. The second-order valence-corrected chi connectivity index (χ2v) is 8.51. The lowest BCUT2D eigenvalue weighted by Crippen LogP contribution is -2.37. The molecule has 0 bridgehead atoms. The number of carboxylic acids is 1. The SMILES string of the molecule is COc1ccc([C@H]2[C@H]3C(=O)N(c4ccc([N+](=O)[O-])cc4)C(=O)[C@H]3ON2c2ccccc2)c(C(=O)O)c1OC. The molecular formula is C26H21N3O9. The van der Waals surface area contributed by atoms with Crippen LogP contribution in [0.25, 0.3) is 0 Å². The number of nitro groups is 1. The third-order valence-corrected chi connectivity index (χ3v) is 6.56. The number of fused-ring (bicyclic) bond motifs is 1. The van der Waals surface area contributed by atoms with Gasteiger partial charge in [0.25, 0.3) is 11.6 Å². The monoisotopic (exact) mass is 519 g/mol. The van der Waals surface area contributed by atoms with Crippen molar-refractivity contribution in [3.63, 3.8) is 0 Å². The number of aromatic carboxylic acids is 1. The summed E-state index contributed by atoms with van der Waals surface area (Å²) >= 11 is 0. The second kappa shape index (κ2) is 9.48. The molecule has 0 saturated carbocycles. The number of nitro benzene ring substituents is 1. The molecule has 3 atom stereocenters. The fourth-order valence-electron chi connectivity index (χ4n) is 4.92. The maximum Gasteiger partial charge on any atom is 0.339 e. The Hall–Kier alpha value is -4.97. The summed E-state index contributed by atoms with van der Waals surface area (Å²) in [5.74, 6) is -3.63. The van der Waals surface area contributed by atoms with Crippen molar-refractivity contribution >= 4 is 34.8 Å². The summed E-state index contributed by atoms with van der Waals surface area (Å²) in [7, 11) is 2.67. The number of nitrogens with zero attached hydrogens (tertiary/aromatic N) is 3. The first-order valence-electron chi connectivity index (χ1n) is 11.4. The molecule has 12 heteroatoms. The van der Waals surface area contributed by atoms with Gasteiger partial charge in [0.1, 0.15) is 11.5 Å². The van der Waals surface area contributed by atoms with Crippen LogP contribution in [-0.2, 0) is 14.4 Å². The number of anilines is 2. The number of hydrogen-bond donors (Lipinski definition) is 1. The van der Waals surface area contributed by atoms with Crippen molar-refractivity contribution in [2.45, 2.75) is 12.1 Å². The summed E-state index contributed by atoms with van der Waals surface area (Å²) in [6.07, 6.45) is -1.27. The Bertz CT molecular complexity index is 1440. The third-order valence-electron chi connectivity index (χ3n) is 6.56. The number of benzene rings is 3. The maximum absolute atomic E-state index is 13.8. The molecule has 0 aromatic heterocycles. The number of hydrogen-bond acceptors (Lipinski definition) is 9. The van der Waals surface area contributed by atoms with Gasteiger partial charge in [-0.1, -0.05) is 24.3 Å². The Labute approximate surface area is 215 Å². The highest BCUT2D eigenvalue weighted by Gasteiger charge is 2.61. The van der Waals surface area contributed by atoms with Crippen LogP contribution < -0.4 is 19.4 Å². The smallest absolute Gasteiger partial charge is 0.339 e. The lowest BCUT2D eigenvalue weighted by atomic mass is 9.87. The molecule has 194 valence electrons. The summed E-state index contributed by atoms with van der Waals surface area (Å²) in [4.78, 5) is 57.1. The van der Waals surface area contributed by atoms with Crippen molar-refractivity contribution in [2.24, 2.45) is 5.92 Å². The number of amides is 2. The molecule has 12 nitrogen and oxygen atoms in total. The molecule has 5 rings (SSSR count). The molecule has 1 N–H and O–H groups in total. The van der Waals surface area contributed by atoms with Crippen LogP contribution in [0.2, 0.25) is 0 Å². The first-order valence-corrected chi connectivity index (χ1v) is 11.4. The topological polar surface area (TPSA) is 149 Å². The van der Waals surface area contributed by atoms with Crippen molar-refractivity contribution in [1.82, 2.24) is 0 Å². The Balaban J connectivity index is 1.66. The van der Waals surface area contributed by atoms with Crippen molar-refractivity contribution in [3.8, 4) is 11.5 Å². The van der Waals surface area contributed by atoms with Gasteiger partial charge >= 0.3 is 5.97 Å². The molecule has 38 heavy (non-hydrogen) atoms. The van der Waals surface area contributed by atoms with E-state index in [2.05, 4.69) is 0 Å². The lowest BCUT2D eigenvalue weighted by Gasteiger charge is -2.30. The van der Waals surface area contributed by atoms with Crippen LogP contribution in [-0.4, -0.2) is 48.1 Å². The fraction of sp³-hybridized carbons (Fsp3) is 0.192. The average molecular weight is 519 g/mol. The zero-order valence-electron chi connectivity index (χ0n) is 20.1. The Kier molecular flexibility index (Phi) is 6.17. The number of carbonyl (C=O) groups is 3. The van der Waals surface area contributed by atoms with E-state index >= 15 is 0 Å². The normalized spacial score (nSPS) is 20.4. The van der Waals surface area contributed by atoms with Crippen LogP contribution >= 0.6 is 0 Å². The number of carboxylic acid groups (broad SMARTS) is 1. The lowest BCUT2D eigenvalue weighted by molar-refractivity contribution is -0.384. The molecule has 2 aliphatic rings. The first kappa shape index (κ1) is 24.7. The van der Waals surface area contributed by atoms with E-state index in [0.29, 0.717) is 5.69 Å². The number of methoxy groups -OCH3 is 2. The van der Waals surface area contributed by atoms with Gasteiger partial charge in [-0.05, 0) is 35.9 Å². The molecule has 3 aromatic rings. The quantitative estimate of drug-likeness (QED) is 0.280. The van der Waals surface area contributed by atoms with E-state index in [0.717, 1.165) is 4.90 Å². The largest absolute Gasteiger partial charge is 0.493 e. The maximum atomic E-state index is 13.8. The van der Waals surface area contributed by atoms with Crippen molar-refractivity contribution in [1.29, 1.82) is 0 Å². The van der Waals surface area contributed by atoms with Gasteiger partial charge in [-0.15, -0.1) is 0 Å². The average Bonchev–Trinajstić information content (AvgIpc) is 3.43. The van der Waals surface area contributed by atoms with Crippen LogP contribution in [0.4, 0.5) is 17.1 Å². The molecule has 2 amide bonds.